The van der Waals surface area contributed by atoms with Crippen molar-refractivity contribution in [3.8, 4) is 0 Å². The van der Waals surface area contributed by atoms with E-state index in [1.807, 2.05) is 30.4 Å². The monoisotopic (exact) mass is 482 g/mol. The minimum absolute atomic E-state index is 0.0552. The molecule has 0 unspecified atom stereocenters. The predicted molar refractivity (Wildman–Crippen MR) is 137 cm³/mol. The number of Topliss-reactive ketones (excluding diaryl/α,β-unsaturated/α-hetero) is 1. The maximum Gasteiger partial charge on any atom is 0.306 e. The first kappa shape index (κ1) is 26.1. The van der Waals surface area contributed by atoms with E-state index in [1.54, 1.807) is 23.5 Å². The molecule has 182 valence electrons. The number of aryl methyl sites for hydroxylation is 1. The maximum atomic E-state index is 12.4. The van der Waals surface area contributed by atoms with Gasteiger partial charge in [-0.05, 0) is 49.6 Å². The number of allylic oxidation sites excluding steroid dienone is 2. The molecule has 6 heteroatoms. The fourth-order valence-corrected chi connectivity index (χ4v) is 5.36. The van der Waals surface area contributed by atoms with Crippen molar-refractivity contribution in [3.05, 3.63) is 72.2 Å². The van der Waals surface area contributed by atoms with E-state index in [-0.39, 0.29) is 36.6 Å². The molecule has 2 aromatic rings. The van der Waals surface area contributed by atoms with Crippen molar-refractivity contribution in [2.45, 2.75) is 57.2 Å². The normalized spacial score (nSPS) is 21.6. The van der Waals surface area contributed by atoms with Crippen molar-refractivity contribution < 1.29 is 24.5 Å². The molecule has 0 saturated heterocycles. The summed E-state index contributed by atoms with van der Waals surface area (Å²) in [6.45, 7) is 3.74. The highest BCUT2D eigenvalue weighted by Crippen LogP contribution is 2.33. The number of rotatable bonds is 13. The number of aliphatic hydroxyl groups is 2. The molecule has 0 radical (unpaired) electrons. The van der Waals surface area contributed by atoms with Crippen LogP contribution in [-0.4, -0.2) is 40.8 Å². The molecule has 0 bridgehead atoms. The van der Waals surface area contributed by atoms with E-state index in [2.05, 4.69) is 24.8 Å². The van der Waals surface area contributed by atoms with Crippen LogP contribution in [0.1, 0.15) is 43.4 Å². The molecular formula is C28H34O5S. The molecule has 1 aromatic carbocycles. The molecule has 34 heavy (non-hydrogen) atoms. The van der Waals surface area contributed by atoms with Gasteiger partial charge in [-0.25, -0.2) is 0 Å². The molecule has 3 rings (SSSR count). The van der Waals surface area contributed by atoms with E-state index in [0.29, 0.717) is 25.7 Å². The lowest BCUT2D eigenvalue weighted by molar-refractivity contribution is -0.142. The molecule has 2 N–H and O–H groups in total. The van der Waals surface area contributed by atoms with Gasteiger partial charge < -0.3 is 14.9 Å². The van der Waals surface area contributed by atoms with Crippen LogP contribution in [0.2, 0.25) is 0 Å². The third kappa shape index (κ3) is 7.76. The highest BCUT2D eigenvalue weighted by Gasteiger charge is 2.39. The number of benzene rings is 1. The first-order valence-corrected chi connectivity index (χ1v) is 12.8. The van der Waals surface area contributed by atoms with Gasteiger partial charge in [0.15, 0.2) is 0 Å². The molecule has 1 fully saturated rings. The Kier molecular flexibility index (Phi) is 10.3. The second-order valence-electron chi connectivity index (χ2n) is 8.73. The number of fused-ring (bicyclic) bond motifs is 1. The summed E-state index contributed by atoms with van der Waals surface area (Å²) in [5, 5.41) is 22.0. The Morgan fingerprint density at radius 3 is 2.91 bits per heavy atom. The van der Waals surface area contributed by atoms with Crippen LogP contribution in [0.3, 0.4) is 0 Å². The largest absolute Gasteiger partial charge is 0.461 e. The number of hydrogen-bond acceptors (Lipinski definition) is 6. The molecule has 1 aromatic heterocycles. The molecule has 0 aliphatic heterocycles. The van der Waals surface area contributed by atoms with E-state index >= 15 is 0 Å². The first-order valence-electron chi connectivity index (χ1n) is 11.9. The summed E-state index contributed by atoms with van der Waals surface area (Å²) in [5.41, 5.74) is 0. The SMILES string of the molecule is C=CCOC(=O)CCC/C=C\C[C@H]1C(=O)C[C@@H](O)[C@@H]1/C=C/[C@@H](O)CCc1cc2ccccc2s1. The Bertz CT molecular complexity index is 988. The van der Waals surface area contributed by atoms with E-state index < -0.39 is 12.2 Å². The topological polar surface area (TPSA) is 83.8 Å². The molecule has 1 heterocycles. The van der Waals surface area contributed by atoms with Crippen molar-refractivity contribution in [1.82, 2.24) is 0 Å². The van der Waals surface area contributed by atoms with Crippen molar-refractivity contribution in [2.24, 2.45) is 11.8 Å². The summed E-state index contributed by atoms with van der Waals surface area (Å²) < 4.78 is 6.19. The summed E-state index contributed by atoms with van der Waals surface area (Å²) in [6, 6.07) is 10.4. The lowest BCUT2D eigenvalue weighted by Gasteiger charge is -2.16. The number of aliphatic hydroxyl groups excluding tert-OH is 2. The van der Waals surface area contributed by atoms with Gasteiger partial charge in [0, 0.05) is 34.3 Å². The number of thiophene rings is 1. The van der Waals surface area contributed by atoms with Gasteiger partial charge in [-0.1, -0.05) is 55.2 Å². The summed E-state index contributed by atoms with van der Waals surface area (Å²) in [6.07, 6.45) is 11.5. The summed E-state index contributed by atoms with van der Waals surface area (Å²) in [7, 11) is 0. The third-order valence-electron chi connectivity index (χ3n) is 6.12. The van der Waals surface area contributed by atoms with E-state index in [9.17, 15) is 19.8 Å². The molecule has 0 spiro atoms. The fourth-order valence-electron chi connectivity index (χ4n) is 4.28. The maximum absolute atomic E-state index is 12.4. The minimum Gasteiger partial charge on any atom is -0.461 e. The molecule has 4 atom stereocenters. The Morgan fingerprint density at radius 2 is 2.12 bits per heavy atom. The van der Waals surface area contributed by atoms with E-state index in [1.165, 1.54) is 15.0 Å². The zero-order valence-corrected chi connectivity index (χ0v) is 20.3. The molecule has 0 amide bonds. The van der Waals surface area contributed by atoms with Gasteiger partial charge in [0.05, 0.1) is 12.2 Å². The number of carbonyl (C=O) groups excluding carboxylic acids is 2. The fraction of sp³-hybridized carbons (Fsp3) is 0.429. The van der Waals surface area contributed by atoms with Crippen LogP contribution in [-0.2, 0) is 20.7 Å². The van der Waals surface area contributed by atoms with Crippen LogP contribution >= 0.6 is 11.3 Å². The number of ketones is 1. The van der Waals surface area contributed by atoms with Crippen molar-refractivity contribution in [1.29, 1.82) is 0 Å². The van der Waals surface area contributed by atoms with Gasteiger partial charge in [-0.2, -0.15) is 0 Å². The van der Waals surface area contributed by atoms with E-state index in [0.717, 1.165) is 12.8 Å². The zero-order chi connectivity index (χ0) is 24.3. The lowest BCUT2D eigenvalue weighted by Crippen LogP contribution is -2.19. The number of hydrogen-bond donors (Lipinski definition) is 2. The summed E-state index contributed by atoms with van der Waals surface area (Å²) in [5.74, 6) is -0.752. The van der Waals surface area contributed by atoms with Gasteiger partial charge in [0.1, 0.15) is 12.4 Å². The van der Waals surface area contributed by atoms with Crippen molar-refractivity contribution in [3.63, 3.8) is 0 Å². The van der Waals surface area contributed by atoms with Gasteiger partial charge >= 0.3 is 5.97 Å². The third-order valence-corrected chi connectivity index (χ3v) is 7.30. The highest BCUT2D eigenvalue weighted by molar-refractivity contribution is 7.19. The highest BCUT2D eigenvalue weighted by atomic mass is 32.1. The van der Waals surface area contributed by atoms with Gasteiger partial charge in [-0.15, -0.1) is 11.3 Å². The Hall–Kier alpha value is -2.54. The number of esters is 1. The smallest absolute Gasteiger partial charge is 0.306 e. The average Bonchev–Trinajstić information content (AvgIpc) is 3.36. The standard InChI is InChI=1S/C28H34O5S/c1-2-17-33-28(32)12-6-4-3-5-10-23-24(26(31)19-25(23)30)16-14-21(29)13-15-22-18-20-9-7-8-11-27(20)34-22/h2-3,5,7-9,11,14,16,18,21,23-24,26,29,31H,1,4,6,10,12-13,15,17,19H2/b5-3-,16-14+/t21-,23+,24+,26+/m0/s1. The Balaban J connectivity index is 1.44. The molecule has 1 aliphatic rings. The van der Waals surface area contributed by atoms with Crippen molar-refractivity contribution in [2.75, 3.05) is 6.61 Å². The lowest BCUT2D eigenvalue weighted by atomic mass is 9.90. The predicted octanol–water partition coefficient (Wildman–Crippen LogP) is 5.16. The molecule has 5 nitrogen and oxygen atoms in total. The Labute approximate surface area is 205 Å². The summed E-state index contributed by atoms with van der Waals surface area (Å²) >= 11 is 1.75. The number of ether oxygens (including phenoxy) is 1. The molecule has 1 aliphatic carbocycles. The second-order valence-corrected chi connectivity index (χ2v) is 9.90. The van der Waals surface area contributed by atoms with E-state index in [4.69, 9.17) is 4.74 Å². The second kappa shape index (κ2) is 13.4. The van der Waals surface area contributed by atoms with Crippen molar-refractivity contribution >= 4 is 33.2 Å². The zero-order valence-electron chi connectivity index (χ0n) is 19.5. The van der Waals surface area contributed by atoms with Crippen LogP contribution in [0.25, 0.3) is 10.1 Å². The first-order chi connectivity index (χ1) is 16.5. The number of carbonyl (C=O) groups is 2. The van der Waals surface area contributed by atoms with Crippen LogP contribution in [0.15, 0.2) is 67.3 Å². The quantitative estimate of drug-likeness (QED) is 0.234. The van der Waals surface area contributed by atoms with Crippen LogP contribution in [0.4, 0.5) is 0 Å². The summed E-state index contributed by atoms with van der Waals surface area (Å²) in [4.78, 5) is 25.1. The number of unbranched alkanes of at least 4 members (excludes halogenated alkanes) is 1. The van der Waals surface area contributed by atoms with Crippen LogP contribution in [0, 0.1) is 11.8 Å². The van der Waals surface area contributed by atoms with Crippen LogP contribution < -0.4 is 0 Å². The molecular weight excluding hydrogens is 448 g/mol. The minimum atomic E-state index is -0.712. The van der Waals surface area contributed by atoms with Crippen LogP contribution in [0.5, 0.6) is 0 Å². The molecule has 1 saturated carbocycles. The average molecular weight is 483 g/mol. The van der Waals surface area contributed by atoms with Gasteiger partial charge in [0.25, 0.3) is 0 Å². The van der Waals surface area contributed by atoms with Gasteiger partial charge in [0.2, 0.25) is 0 Å². The van der Waals surface area contributed by atoms with Gasteiger partial charge in [-0.3, -0.25) is 9.59 Å². The Morgan fingerprint density at radius 1 is 1.29 bits per heavy atom.